The molecule has 1 fully saturated rings. The predicted octanol–water partition coefficient (Wildman–Crippen LogP) is 0.750. The lowest BCUT2D eigenvalue weighted by molar-refractivity contribution is 0.145. The Labute approximate surface area is 88.2 Å². The van der Waals surface area contributed by atoms with Crippen molar-refractivity contribution in [2.45, 2.75) is 38.3 Å². The van der Waals surface area contributed by atoms with Gasteiger partial charge in [-0.05, 0) is 53.4 Å². The van der Waals surface area contributed by atoms with Crippen LogP contribution in [-0.4, -0.2) is 55.6 Å². The minimum atomic E-state index is 0.408. The molecule has 2 N–H and O–H groups in total. The second-order valence-corrected chi connectivity index (χ2v) is 4.84. The molecule has 1 aliphatic rings. The van der Waals surface area contributed by atoms with Crippen molar-refractivity contribution in [2.24, 2.45) is 5.73 Å². The minimum absolute atomic E-state index is 0.408. The van der Waals surface area contributed by atoms with Crippen LogP contribution in [0.1, 0.15) is 26.2 Å². The summed E-state index contributed by atoms with van der Waals surface area (Å²) in [6.07, 6.45) is 3.73. The van der Waals surface area contributed by atoms with Crippen molar-refractivity contribution in [2.75, 3.05) is 33.7 Å². The van der Waals surface area contributed by atoms with Gasteiger partial charge in [-0.25, -0.2) is 0 Å². The number of nitrogens with zero attached hydrogens (tertiary/aromatic N) is 2. The third-order valence-corrected chi connectivity index (χ3v) is 3.11. The van der Waals surface area contributed by atoms with Gasteiger partial charge in [0.1, 0.15) is 0 Å². The van der Waals surface area contributed by atoms with E-state index in [1.54, 1.807) is 0 Å². The molecule has 2 atom stereocenters. The molecule has 84 valence electrons. The molecule has 1 heterocycles. The smallest absolute Gasteiger partial charge is 0.0168 e. The maximum atomic E-state index is 5.97. The van der Waals surface area contributed by atoms with Crippen LogP contribution < -0.4 is 5.73 Å². The quantitative estimate of drug-likeness (QED) is 0.725. The van der Waals surface area contributed by atoms with Crippen molar-refractivity contribution >= 4 is 0 Å². The van der Waals surface area contributed by atoms with Gasteiger partial charge in [0.15, 0.2) is 0 Å². The Kier molecular flexibility index (Phi) is 4.85. The highest BCUT2D eigenvalue weighted by Gasteiger charge is 2.20. The van der Waals surface area contributed by atoms with Crippen molar-refractivity contribution in [3.8, 4) is 0 Å². The van der Waals surface area contributed by atoms with E-state index in [1.165, 1.54) is 32.4 Å². The van der Waals surface area contributed by atoms with E-state index in [9.17, 15) is 0 Å². The maximum absolute atomic E-state index is 5.97. The molecule has 2 unspecified atom stereocenters. The SMILES string of the molecule is CC(CCN(C)C)N1CCCC(N)C1. The predicted molar refractivity (Wildman–Crippen MR) is 61.4 cm³/mol. The summed E-state index contributed by atoms with van der Waals surface area (Å²) >= 11 is 0. The van der Waals surface area contributed by atoms with Gasteiger partial charge in [0.25, 0.3) is 0 Å². The Morgan fingerprint density at radius 1 is 1.50 bits per heavy atom. The second kappa shape index (κ2) is 5.69. The van der Waals surface area contributed by atoms with Crippen molar-refractivity contribution in [1.82, 2.24) is 9.80 Å². The molecule has 0 aliphatic carbocycles. The van der Waals surface area contributed by atoms with Crippen LogP contribution >= 0.6 is 0 Å². The molecular weight excluding hydrogens is 174 g/mol. The average molecular weight is 199 g/mol. The van der Waals surface area contributed by atoms with Crippen molar-refractivity contribution in [1.29, 1.82) is 0 Å². The monoisotopic (exact) mass is 199 g/mol. The Morgan fingerprint density at radius 3 is 2.79 bits per heavy atom. The van der Waals surface area contributed by atoms with Gasteiger partial charge < -0.3 is 10.6 Å². The van der Waals surface area contributed by atoms with Gasteiger partial charge in [-0.3, -0.25) is 4.90 Å². The van der Waals surface area contributed by atoms with Gasteiger partial charge in [0.05, 0.1) is 0 Å². The van der Waals surface area contributed by atoms with E-state index in [2.05, 4.69) is 30.8 Å². The van der Waals surface area contributed by atoms with E-state index in [-0.39, 0.29) is 0 Å². The number of hydrogen-bond acceptors (Lipinski definition) is 3. The highest BCUT2D eigenvalue weighted by molar-refractivity contribution is 4.78. The van der Waals surface area contributed by atoms with Crippen LogP contribution in [0.5, 0.6) is 0 Å². The lowest BCUT2D eigenvalue weighted by atomic mass is 10.0. The summed E-state index contributed by atoms with van der Waals surface area (Å²) in [6, 6.07) is 1.09. The summed E-state index contributed by atoms with van der Waals surface area (Å²) in [6.45, 7) is 5.82. The molecule has 1 saturated heterocycles. The van der Waals surface area contributed by atoms with E-state index in [0.717, 1.165) is 6.54 Å². The Balaban J connectivity index is 2.25. The van der Waals surface area contributed by atoms with Crippen molar-refractivity contribution in [3.05, 3.63) is 0 Å². The van der Waals surface area contributed by atoms with Gasteiger partial charge in [-0.2, -0.15) is 0 Å². The average Bonchev–Trinajstić information content (AvgIpc) is 2.14. The molecule has 3 heteroatoms. The van der Waals surface area contributed by atoms with Crippen LogP contribution in [0.25, 0.3) is 0 Å². The summed E-state index contributed by atoms with van der Waals surface area (Å²) < 4.78 is 0. The first-order valence-electron chi connectivity index (χ1n) is 5.74. The van der Waals surface area contributed by atoms with Gasteiger partial charge in [0.2, 0.25) is 0 Å². The van der Waals surface area contributed by atoms with Crippen LogP contribution in [0.2, 0.25) is 0 Å². The van der Waals surface area contributed by atoms with Crippen molar-refractivity contribution in [3.63, 3.8) is 0 Å². The first kappa shape index (κ1) is 12.0. The first-order valence-corrected chi connectivity index (χ1v) is 5.74. The first-order chi connectivity index (χ1) is 6.59. The lowest BCUT2D eigenvalue weighted by Gasteiger charge is -2.35. The highest BCUT2D eigenvalue weighted by Crippen LogP contribution is 2.13. The van der Waals surface area contributed by atoms with E-state index >= 15 is 0 Å². The Bertz CT molecular complexity index is 159. The fourth-order valence-electron chi connectivity index (χ4n) is 2.07. The highest BCUT2D eigenvalue weighted by atomic mass is 15.2. The van der Waals surface area contributed by atoms with Gasteiger partial charge in [-0.15, -0.1) is 0 Å². The van der Waals surface area contributed by atoms with Crippen LogP contribution in [-0.2, 0) is 0 Å². The van der Waals surface area contributed by atoms with Gasteiger partial charge in [0, 0.05) is 18.6 Å². The fourth-order valence-corrected chi connectivity index (χ4v) is 2.07. The second-order valence-electron chi connectivity index (χ2n) is 4.84. The minimum Gasteiger partial charge on any atom is -0.327 e. The molecule has 1 aliphatic heterocycles. The fraction of sp³-hybridized carbons (Fsp3) is 1.00. The molecule has 0 amide bonds. The summed E-state index contributed by atoms with van der Waals surface area (Å²) in [4.78, 5) is 4.79. The Hall–Kier alpha value is -0.120. The normalized spacial score (nSPS) is 26.8. The molecule has 3 nitrogen and oxygen atoms in total. The molecule has 0 aromatic rings. The third-order valence-electron chi connectivity index (χ3n) is 3.11. The van der Waals surface area contributed by atoms with Crippen LogP contribution in [0.4, 0.5) is 0 Å². The topological polar surface area (TPSA) is 32.5 Å². The molecule has 1 rings (SSSR count). The van der Waals surface area contributed by atoms with E-state index in [4.69, 9.17) is 5.73 Å². The molecular formula is C11H25N3. The van der Waals surface area contributed by atoms with Crippen molar-refractivity contribution < 1.29 is 0 Å². The number of piperidine rings is 1. The van der Waals surface area contributed by atoms with E-state index in [0.29, 0.717) is 12.1 Å². The van der Waals surface area contributed by atoms with Gasteiger partial charge in [-0.1, -0.05) is 0 Å². The van der Waals surface area contributed by atoms with E-state index in [1.807, 2.05) is 0 Å². The van der Waals surface area contributed by atoms with Crippen LogP contribution in [0.15, 0.2) is 0 Å². The number of hydrogen-bond donors (Lipinski definition) is 1. The molecule has 0 aromatic carbocycles. The summed E-state index contributed by atoms with van der Waals surface area (Å²) in [5.41, 5.74) is 5.97. The Morgan fingerprint density at radius 2 is 2.21 bits per heavy atom. The third kappa shape index (κ3) is 3.95. The lowest BCUT2D eigenvalue weighted by Crippen LogP contribution is -2.47. The number of likely N-dealkylation sites (tertiary alicyclic amines) is 1. The maximum Gasteiger partial charge on any atom is 0.0168 e. The van der Waals surface area contributed by atoms with E-state index < -0.39 is 0 Å². The number of nitrogens with two attached hydrogens (primary N) is 1. The summed E-state index contributed by atoms with van der Waals surface area (Å²) in [5, 5.41) is 0. The molecule has 0 saturated carbocycles. The summed E-state index contributed by atoms with van der Waals surface area (Å²) in [5.74, 6) is 0. The van der Waals surface area contributed by atoms with Crippen LogP contribution in [0, 0.1) is 0 Å². The molecule has 0 bridgehead atoms. The molecule has 14 heavy (non-hydrogen) atoms. The largest absolute Gasteiger partial charge is 0.327 e. The molecule has 0 radical (unpaired) electrons. The summed E-state index contributed by atoms with van der Waals surface area (Å²) in [7, 11) is 4.27. The zero-order chi connectivity index (χ0) is 10.6. The standard InChI is InChI=1S/C11H25N3/c1-10(6-8-13(2)3)14-7-4-5-11(12)9-14/h10-11H,4-9,12H2,1-3H3. The molecule has 0 aromatic heterocycles. The number of rotatable bonds is 4. The zero-order valence-corrected chi connectivity index (χ0v) is 9.87. The van der Waals surface area contributed by atoms with Crippen LogP contribution in [0.3, 0.4) is 0 Å². The zero-order valence-electron chi connectivity index (χ0n) is 9.87. The van der Waals surface area contributed by atoms with Gasteiger partial charge >= 0.3 is 0 Å². The molecule has 0 spiro atoms.